The van der Waals surface area contributed by atoms with Crippen molar-refractivity contribution >= 4 is 22.6 Å². The van der Waals surface area contributed by atoms with Crippen LogP contribution in [0.5, 0.6) is 0 Å². The molecule has 3 heteroatoms. The average molecular weight is 224 g/mol. The molecule has 0 fully saturated rings. The van der Waals surface area contributed by atoms with Crippen molar-refractivity contribution in [1.29, 1.82) is 0 Å². The van der Waals surface area contributed by atoms with E-state index in [4.69, 9.17) is 16.0 Å². The summed E-state index contributed by atoms with van der Waals surface area (Å²) >= 11 is 5.94. The lowest BCUT2D eigenvalue weighted by atomic mass is 10.00. The number of hydrogen-bond acceptors (Lipinski definition) is 2. The third-order valence-electron chi connectivity index (χ3n) is 2.58. The second-order valence-electron chi connectivity index (χ2n) is 3.63. The SMILES string of the molecule is CNCC(CCl)c1ccc2occc2c1. The van der Waals surface area contributed by atoms with Gasteiger partial charge in [0.2, 0.25) is 0 Å². The third kappa shape index (κ3) is 2.16. The summed E-state index contributed by atoms with van der Waals surface area (Å²) in [6.45, 7) is 0.896. The van der Waals surface area contributed by atoms with Crippen LogP contribution in [0.25, 0.3) is 11.0 Å². The summed E-state index contributed by atoms with van der Waals surface area (Å²) in [7, 11) is 1.94. The number of halogens is 1. The second-order valence-corrected chi connectivity index (χ2v) is 3.94. The Hall–Kier alpha value is -0.990. The third-order valence-corrected chi connectivity index (χ3v) is 2.96. The van der Waals surface area contributed by atoms with Crippen molar-refractivity contribution < 1.29 is 4.42 Å². The number of nitrogens with one attached hydrogen (secondary N) is 1. The predicted octanol–water partition coefficient (Wildman–Crippen LogP) is 2.97. The van der Waals surface area contributed by atoms with Crippen LogP contribution < -0.4 is 5.32 Å². The van der Waals surface area contributed by atoms with Crippen molar-refractivity contribution in [2.45, 2.75) is 5.92 Å². The molecule has 1 N–H and O–H groups in total. The van der Waals surface area contributed by atoms with Gasteiger partial charge in [0, 0.05) is 23.7 Å². The van der Waals surface area contributed by atoms with E-state index in [-0.39, 0.29) is 0 Å². The molecule has 1 unspecified atom stereocenters. The van der Waals surface area contributed by atoms with E-state index in [1.165, 1.54) is 5.56 Å². The highest BCUT2D eigenvalue weighted by molar-refractivity contribution is 6.18. The lowest BCUT2D eigenvalue weighted by molar-refractivity contribution is 0.615. The molecule has 2 aromatic rings. The topological polar surface area (TPSA) is 25.2 Å². The Bertz CT molecular complexity index is 438. The molecule has 0 amide bonds. The maximum absolute atomic E-state index is 5.94. The van der Waals surface area contributed by atoms with Crippen LogP contribution in [-0.4, -0.2) is 19.5 Å². The number of furan rings is 1. The lowest BCUT2D eigenvalue weighted by Crippen LogP contribution is -2.18. The number of benzene rings is 1. The molecule has 80 valence electrons. The van der Waals surface area contributed by atoms with Crippen molar-refractivity contribution in [1.82, 2.24) is 5.32 Å². The van der Waals surface area contributed by atoms with Gasteiger partial charge in [-0.25, -0.2) is 0 Å². The molecule has 0 bridgehead atoms. The van der Waals surface area contributed by atoms with E-state index in [1.807, 2.05) is 19.2 Å². The summed E-state index contributed by atoms with van der Waals surface area (Å²) in [6, 6.07) is 8.20. The van der Waals surface area contributed by atoms with Crippen LogP contribution in [0.2, 0.25) is 0 Å². The van der Waals surface area contributed by atoms with E-state index in [2.05, 4.69) is 17.4 Å². The van der Waals surface area contributed by atoms with Gasteiger partial charge in [-0.3, -0.25) is 0 Å². The van der Waals surface area contributed by atoms with Gasteiger partial charge >= 0.3 is 0 Å². The minimum Gasteiger partial charge on any atom is -0.464 e. The smallest absolute Gasteiger partial charge is 0.133 e. The van der Waals surface area contributed by atoms with Crippen molar-refractivity contribution in [3.63, 3.8) is 0 Å². The molecule has 1 atom stereocenters. The van der Waals surface area contributed by atoms with Gasteiger partial charge in [0.05, 0.1) is 6.26 Å². The summed E-state index contributed by atoms with van der Waals surface area (Å²) < 4.78 is 5.30. The van der Waals surface area contributed by atoms with Gasteiger partial charge in [-0.05, 0) is 30.8 Å². The van der Waals surface area contributed by atoms with E-state index in [9.17, 15) is 0 Å². The van der Waals surface area contributed by atoms with Gasteiger partial charge < -0.3 is 9.73 Å². The molecule has 0 aliphatic carbocycles. The van der Waals surface area contributed by atoms with Gasteiger partial charge in [0.15, 0.2) is 0 Å². The molecule has 2 rings (SSSR count). The van der Waals surface area contributed by atoms with Gasteiger partial charge in [-0.1, -0.05) is 6.07 Å². The van der Waals surface area contributed by atoms with Crippen molar-refractivity contribution in [3.05, 3.63) is 36.1 Å². The van der Waals surface area contributed by atoms with Crippen LogP contribution in [0.3, 0.4) is 0 Å². The molecular formula is C12H14ClNO. The molecule has 1 heterocycles. The zero-order valence-corrected chi connectivity index (χ0v) is 9.42. The van der Waals surface area contributed by atoms with Crippen LogP contribution in [0.15, 0.2) is 34.9 Å². The fourth-order valence-electron chi connectivity index (χ4n) is 1.75. The number of likely N-dealkylation sites (N-methyl/N-ethyl adjacent to an activating group) is 1. The van der Waals surface area contributed by atoms with E-state index >= 15 is 0 Å². The summed E-state index contributed by atoms with van der Waals surface area (Å²) in [5, 5.41) is 4.29. The minimum atomic E-state index is 0.357. The van der Waals surface area contributed by atoms with E-state index in [0.717, 1.165) is 17.5 Å². The Balaban J connectivity index is 2.33. The zero-order chi connectivity index (χ0) is 10.7. The first-order valence-corrected chi connectivity index (χ1v) is 5.56. The predicted molar refractivity (Wildman–Crippen MR) is 63.6 cm³/mol. The Morgan fingerprint density at radius 1 is 1.40 bits per heavy atom. The first-order valence-electron chi connectivity index (χ1n) is 5.03. The van der Waals surface area contributed by atoms with Crippen molar-refractivity contribution in [2.24, 2.45) is 0 Å². The molecule has 1 aromatic heterocycles. The highest BCUT2D eigenvalue weighted by Gasteiger charge is 2.10. The normalized spacial score (nSPS) is 13.2. The molecule has 1 aromatic carbocycles. The highest BCUT2D eigenvalue weighted by atomic mass is 35.5. The van der Waals surface area contributed by atoms with Gasteiger partial charge in [-0.15, -0.1) is 11.6 Å². The van der Waals surface area contributed by atoms with E-state index < -0.39 is 0 Å². The van der Waals surface area contributed by atoms with Crippen molar-refractivity contribution in [3.8, 4) is 0 Å². The van der Waals surface area contributed by atoms with E-state index in [0.29, 0.717) is 11.8 Å². The Kier molecular flexibility index (Phi) is 3.29. The summed E-state index contributed by atoms with van der Waals surface area (Å²) in [6.07, 6.45) is 1.71. The fraction of sp³-hybridized carbons (Fsp3) is 0.333. The first kappa shape index (κ1) is 10.5. The molecule has 15 heavy (non-hydrogen) atoms. The monoisotopic (exact) mass is 223 g/mol. The summed E-state index contributed by atoms with van der Waals surface area (Å²) in [5.41, 5.74) is 2.18. The first-order chi connectivity index (χ1) is 7.35. The zero-order valence-electron chi connectivity index (χ0n) is 8.66. The van der Waals surface area contributed by atoms with Crippen molar-refractivity contribution in [2.75, 3.05) is 19.5 Å². The molecule has 0 aliphatic heterocycles. The minimum absolute atomic E-state index is 0.357. The Morgan fingerprint density at radius 3 is 3.00 bits per heavy atom. The van der Waals surface area contributed by atoms with Crippen LogP contribution >= 0.6 is 11.6 Å². The number of alkyl halides is 1. The Labute approximate surface area is 94.2 Å². The molecule has 0 saturated carbocycles. The molecular weight excluding hydrogens is 210 g/mol. The summed E-state index contributed by atoms with van der Waals surface area (Å²) in [4.78, 5) is 0. The molecule has 0 radical (unpaired) electrons. The summed E-state index contributed by atoms with van der Waals surface area (Å²) in [5.74, 6) is 0.987. The van der Waals surface area contributed by atoms with Gasteiger partial charge in [0.25, 0.3) is 0 Å². The Morgan fingerprint density at radius 2 is 2.27 bits per heavy atom. The average Bonchev–Trinajstić information content (AvgIpc) is 2.72. The van der Waals surface area contributed by atoms with Gasteiger partial charge in [0.1, 0.15) is 5.58 Å². The molecule has 0 aliphatic rings. The van der Waals surface area contributed by atoms with Crippen LogP contribution in [-0.2, 0) is 0 Å². The van der Waals surface area contributed by atoms with Crippen LogP contribution in [0, 0.1) is 0 Å². The molecule has 2 nitrogen and oxygen atoms in total. The standard InChI is InChI=1S/C12H14ClNO/c1-14-8-11(7-13)9-2-3-12-10(6-9)4-5-15-12/h2-6,11,14H,7-8H2,1H3. The second kappa shape index (κ2) is 4.69. The number of fused-ring (bicyclic) bond motifs is 1. The number of hydrogen-bond donors (Lipinski definition) is 1. The maximum Gasteiger partial charge on any atom is 0.133 e. The molecule has 0 spiro atoms. The van der Waals surface area contributed by atoms with Crippen LogP contribution in [0.4, 0.5) is 0 Å². The maximum atomic E-state index is 5.94. The molecule has 0 saturated heterocycles. The highest BCUT2D eigenvalue weighted by Crippen LogP contribution is 2.23. The fourth-order valence-corrected chi connectivity index (χ4v) is 2.03. The van der Waals surface area contributed by atoms with Crippen LogP contribution in [0.1, 0.15) is 11.5 Å². The largest absolute Gasteiger partial charge is 0.464 e. The quantitative estimate of drug-likeness (QED) is 0.807. The number of rotatable bonds is 4. The van der Waals surface area contributed by atoms with Gasteiger partial charge in [-0.2, -0.15) is 0 Å². The lowest BCUT2D eigenvalue weighted by Gasteiger charge is -2.13. The van der Waals surface area contributed by atoms with E-state index in [1.54, 1.807) is 6.26 Å².